The van der Waals surface area contributed by atoms with E-state index >= 15 is 0 Å². The van der Waals surface area contributed by atoms with Crippen LogP contribution < -0.4 is 10.1 Å². The maximum Gasteiger partial charge on any atom is 0.258 e. The number of carbonyl (C=O) groups is 1. The molecule has 1 amide bonds. The monoisotopic (exact) mass is 473 g/mol. The van der Waals surface area contributed by atoms with E-state index in [1.165, 1.54) is 22.3 Å². The Balaban J connectivity index is 1.11. The summed E-state index contributed by atoms with van der Waals surface area (Å²) in [6, 6.07) is 21.0. The van der Waals surface area contributed by atoms with Crippen LogP contribution in [-0.4, -0.2) is 48.1 Å². The molecule has 3 aliphatic rings. The lowest BCUT2D eigenvalue weighted by molar-refractivity contribution is -0.124. The van der Waals surface area contributed by atoms with Gasteiger partial charge in [-0.05, 0) is 59.7 Å². The fourth-order valence-corrected chi connectivity index (χ4v) is 6.45. The molecule has 2 atom stereocenters. The number of pyridine rings is 1. The van der Waals surface area contributed by atoms with Gasteiger partial charge in [0.2, 0.25) is 5.88 Å². The number of likely N-dealkylation sites (tertiary alicyclic amines) is 1. The number of benzene rings is 2. The minimum absolute atomic E-state index is 0.00391. The lowest BCUT2D eigenvalue weighted by Gasteiger charge is -2.40. The average Bonchev–Trinajstić information content (AvgIpc) is 3.36. The zero-order valence-corrected chi connectivity index (χ0v) is 19.8. The Bertz CT molecular complexity index is 1210. The average molecular weight is 474 g/mol. The van der Waals surface area contributed by atoms with Gasteiger partial charge in [-0.15, -0.1) is 0 Å². The van der Waals surface area contributed by atoms with E-state index in [1.54, 1.807) is 12.3 Å². The molecule has 2 unspecified atom stereocenters. The van der Waals surface area contributed by atoms with Crippen molar-refractivity contribution in [3.05, 3.63) is 94.1 Å². The summed E-state index contributed by atoms with van der Waals surface area (Å²) in [4.78, 5) is 19.0. The summed E-state index contributed by atoms with van der Waals surface area (Å²) in [6.45, 7) is 2.93. The first-order chi connectivity index (χ1) is 16.6. The standard InChI is InChI=1S/C28H28ClN3O2/c29-19-8-9-22-23-16-28(25(22)15-19,24-6-2-1-5-21(23)24)18-32-13-10-20(11-14-32)31-26(33)17-34-27-7-3-4-12-30-27/h1-9,12,15,20,23H,10-11,13-14,16-18H2,(H,31,33). The Morgan fingerprint density at radius 2 is 1.85 bits per heavy atom. The van der Waals surface area contributed by atoms with Crippen molar-refractivity contribution in [1.29, 1.82) is 0 Å². The lowest BCUT2D eigenvalue weighted by atomic mass is 9.74. The molecule has 2 bridgehead atoms. The molecular weight excluding hydrogens is 446 g/mol. The second-order valence-electron chi connectivity index (χ2n) is 9.73. The van der Waals surface area contributed by atoms with Gasteiger partial charge in [-0.1, -0.05) is 48.0 Å². The molecule has 3 aromatic rings. The summed E-state index contributed by atoms with van der Waals surface area (Å²) >= 11 is 6.46. The van der Waals surface area contributed by atoms with Crippen LogP contribution in [0.4, 0.5) is 0 Å². The van der Waals surface area contributed by atoms with E-state index in [0.717, 1.165) is 43.9 Å². The van der Waals surface area contributed by atoms with Gasteiger partial charge in [0.1, 0.15) is 0 Å². The van der Waals surface area contributed by atoms with Crippen molar-refractivity contribution in [3.8, 4) is 5.88 Å². The summed E-state index contributed by atoms with van der Waals surface area (Å²) in [6.07, 6.45) is 4.67. The molecule has 0 spiro atoms. The summed E-state index contributed by atoms with van der Waals surface area (Å²) in [5.74, 6) is 0.854. The molecule has 0 radical (unpaired) electrons. The van der Waals surface area contributed by atoms with Crippen molar-refractivity contribution < 1.29 is 9.53 Å². The number of nitrogens with zero attached hydrogens (tertiary/aromatic N) is 2. The Morgan fingerprint density at radius 3 is 2.68 bits per heavy atom. The molecule has 1 N–H and O–H groups in total. The zero-order valence-electron chi connectivity index (χ0n) is 19.0. The molecule has 1 saturated heterocycles. The molecule has 6 rings (SSSR count). The van der Waals surface area contributed by atoms with Crippen LogP contribution in [-0.2, 0) is 10.2 Å². The van der Waals surface area contributed by atoms with Gasteiger partial charge in [0, 0.05) is 54.3 Å². The van der Waals surface area contributed by atoms with Crippen molar-refractivity contribution in [2.24, 2.45) is 0 Å². The molecule has 2 heterocycles. The van der Waals surface area contributed by atoms with Crippen molar-refractivity contribution in [2.45, 2.75) is 36.6 Å². The van der Waals surface area contributed by atoms with Gasteiger partial charge in [-0.2, -0.15) is 0 Å². The van der Waals surface area contributed by atoms with Crippen LogP contribution in [0.1, 0.15) is 47.4 Å². The van der Waals surface area contributed by atoms with Crippen LogP contribution in [0.25, 0.3) is 0 Å². The van der Waals surface area contributed by atoms with Gasteiger partial charge in [0.25, 0.3) is 5.91 Å². The largest absolute Gasteiger partial charge is 0.468 e. The van der Waals surface area contributed by atoms with Crippen LogP contribution in [0, 0.1) is 0 Å². The fourth-order valence-electron chi connectivity index (χ4n) is 6.28. The van der Waals surface area contributed by atoms with E-state index in [0.29, 0.717) is 11.8 Å². The number of ether oxygens (including phenoxy) is 1. The molecule has 1 aromatic heterocycles. The second-order valence-corrected chi connectivity index (χ2v) is 10.2. The Kier molecular flexibility index (Phi) is 5.54. The summed E-state index contributed by atoms with van der Waals surface area (Å²) in [5, 5.41) is 3.96. The summed E-state index contributed by atoms with van der Waals surface area (Å²) in [7, 11) is 0. The molecule has 174 valence electrons. The Hall–Kier alpha value is -2.89. The van der Waals surface area contributed by atoms with E-state index in [-0.39, 0.29) is 24.0 Å². The number of piperidine rings is 1. The number of fused-ring (bicyclic) bond motifs is 8. The highest BCUT2D eigenvalue weighted by Crippen LogP contribution is 2.60. The molecule has 1 fully saturated rings. The number of carbonyl (C=O) groups excluding carboxylic acids is 1. The number of halogens is 1. The first kappa shape index (κ1) is 21.6. The topological polar surface area (TPSA) is 54.5 Å². The Labute approximate surface area is 205 Å². The fraction of sp³-hybridized carbons (Fsp3) is 0.357. The third kappa shape index (κ3) is 3.77. The molecule has 2 aliphatic carbocycles. The van der Waals surface area contributed by atoms with Crippen LogP contribution in [0.5, 0.6) is 5.88 Å². The molecule has 6 heteroatoms. The SMILES string of the molecule is O=C(COc1ccccn1)NC1CCN(CC23CC(c4ccccc42)c2ccc(Cl)cc23)CC1. The number of aromatic nitrogens is 1. The minimum atomic E-state index is -0.0883. The number of nitrogens with one attached hydrogen (secondary N) is 1. The number of amides is 1. The van der Waals surface area contributed by atoms with Crippen LogP contribution >= 0.6 is 11.6 Å². The number of rotatable bonds is 6. The van der Waals surface area contributed by atoms with E-state index < -0.39 is 0 Å². The van der Waals surface area contributed by atoms with Crippen LogP contribution in [0.15, 0.2) is 66.9 Å². The molecular formula is C28H28ClN3O2. The number of hydrogen-bond acceptors (Lipinski definition) is 4. The quantitative estimate of drug-likeness (QED) is 0.571. The maximum atomic E-state index is 12.4. The third-order valence-electron chi connectivity index (χ3n) is 7.75. The predicted molar refractivity (Wildman–Crippen MR) is 132 cm³/mol. The predicted octanol–water partition coefficient (Wildman–Crippen LogP) is 4.53. The molecule has 34 heavy (non-hydrogen) atoms. The van der Waals surface area contributed by atoms with Crippen molar-refractivity contribution in [3.63, 3.8) is 0 Å². The van der Waals surface area contributed by atoms with Crippen LogP contribution in [0.3, 0.4) is 0 Å². The highest BCUT2D eigenvalue weighted by Gasteiger charge is 2.53. The van der Waals surface area contributed by atoms with Crippen LogP contribution in [0.2, 0.25) is 5.02 Å². The molecule has 2 aromatic carbocycles. The molecule has 5 nitrogen and oxygen atoms in total. The van der Waals surface area contributed by atoms with E-state index in [9.17, 15) is 4.79 Å². The van der Waals surface area contributed by atoms with Crippen molar-refractivity contribution >= 4 is 17.5 Å². The maximum absolute atomic E-state index is 12.4. The van der Waals surface area contributed by atoms with E-state index in [1.807, 2.05) is 18.2 Å². The minimum Gasteiger partial charge on any atom is -0.468 e. The second kappa shape index (κ2) is 8.71. The first-order valence-corrected chi connectivity index (χ1v) is 12.4. The molecule has 1 aliphatic heterocycles. The van der Waals surface area contributed by atoms with E-state index in [2.05, 4.69) is 51.6 Å². The van der Waals surface area contributed by atoms with Gasteiger partial charge >= 0.3 is 0 Å². The van der Waals surface area contributed by atoms with Crippen molar-refractivity contribution in [1.82, 2.24) is 15.2 Å². The smallest absolute Gasteiger partial charge is 0.258 e. The van der Waals surface area contributed by atoms with Gasteiger partial charge < -0.3 is 15.0 Å². The third-order valence-corrected chi connectivity index (χ3v) is 7.98. The normalized spacial score (nSPS) is 23.4. The number of hydrogen-bond donors (Lipinski definition) is 1. The van der Waals surface area contributed by atoms with Gasteiger partial charge in [0.05, 0.1) is 0 Å². The summed E-state index contributed by atoms with van der Waals surface area (Å²) in [5.41, 5.74) is 5.81. The van der Waals surface area contributed by atoms with Gasteiger partial charge in [0.15, 0.2) is 6.61 Å². The van der Waals surface area contributed by atoms with Gasteiger partial charge in [-0.25, -0.2) is 4.98 Å². The molecule has 0 saturated carbocycles. The first-order valence-electron chi connectivity index (χ1n) is 12.1. The van der Waals surface area contributed by atoms with Gasteiger partial charge in [-0.3, -0.25) is 4.79 Å². The lowest BCUT2D eigenvalue weighted by Crippen LogP contribution is -2.49. The van der Waals surface area contributed by atoms with E-state index in [4.69, 9.17) is 16.3 Å². The highest BCUT2D eigenvalue weighted by molar-refractivity contribution is 6.30. The summed E-state index contributed by atoms with van der Waals surface area (Å²) < 4.78 is 5.48. The van der Waals surface area contributed by atoms with Crippen molar-refractivity contribution in [2.75, 3.05) is 26.2 Å². The zero-order chi connectivity index (χ0) is 23.1. The highest BCUT2D eigenvalue weighted by atomic mass is 35.5. The Morgan fingerprint density at radius 1 is 1.06 bits per heavy atom.